The molecule has 2 N–H and O–H groups in total. The van der Waals surface area contributed by atoms with Crippen LogP contribution in [0.3, 0.4) is 0 Å². The van der Waals surface area contributed by atoms with Gasteiger partial charge in [0.1, 0.15) is 5.75 Å². The van der Waals surface area contributed by atoms with Crippen molar-refractivity contribution in [2.24, 2.45) is 0 Å². The molecule has 2 rings (SSSR count). The Labute approximate surface area is 148 Å². The Bertz CT molecular complexity index is 752. The molecule has 0 aliphatic carbocycles. The first-order chi connectivity index (χ1) is 11.8. The zero-order valence-corrected chi connectivity index (χ0v) is 15.1. The van der Waals surface area contributed by atoms with Crippen molar-refractivity contribution in [2.75, 3.05) is 11.9 Å². The Morgan fingerprint density at radius 1 is 1.00 bits per heavy atom. The number of aryl methyl sites for hydroxylation is 2. The summed E-state index contributed by atoms with van der Waals surface area (Å²) in [5.41, 5.74) is 3.37. The predicted molar refractivity (Wildman–Crippen MR) is 99.1 cm³/mol. The number of anilines is 1. The number of amides is 2. The highest BCUT2D eigenvalue weighted by molar-refractivity contribution is 5.99. The third kappa shape index (κ3) is 5.64. The lowest BCUT2D eigenvalue weighted by Crippen LogP contribution is -2.32. The number of ether oxygens (including phenoxy) is 1. The van der Waals surface area contributed by atoms with E-state index in [2.05, 4.69) is 10.6 Å². The van der Waals surface area contributed by atoms with Gasteiger partial charge in [-0.05, 0) is 75.2 Å². The zero-order valence-electron chi connectivity index (χ0n) is 15.1. The fourth-order valence-electron chi connectivity index (χ4n) is 2.24. The molecule has 0 heterocycles. The van der Waals surface area contributed by atoms with Crippen LogP contribution in [0.2, 0.25) is 0 Å². The number of rotatable bonds is 6. The van der Waals surface area contributed by atoms with Crippen molar-refractivity contribution >= 4 is 17.5 Å². The lowest BCUT2D eigenvalue weighted by Gasteiger charge is -2.11. The molecule has 5 heteroatoms. The average Bonchev–Trinajstić information content (AvgIpc) is 2.56. The minimum atomic E-state index is -0.283. The molecule has 5 nitrogen and oxygen atoms in total. The molecule has 0 spiro atoms. The summed E-state index contributed by atoms with van der Waals surface area (Å²) >= 11 is 0. The maximum atomic E-state index is 12.1. The monoisotopic (exact) mass is 340 g/mol. The normalized spacial score (nSPS) is 10.4. The maximum absolute atomic E-state index is 12.1. The van der Waals surface area contributed by atoms with Gasteiger partial charge in [0.25, 0.3) is 5.91 Å². The largest absolute Gasteiger partial charge is 0.491 e. The average molecular weight is 340 g/mol. The summed E-state index contributed by atoms with van der Waals surface area (Å²) in [6.07, 6.45) is 0.0982. The van der Waals surface area contributed by atoms with Crippen molar-refractivity contribution in [3.8, 4) is 5.75 Å². The third-order valence-electron chi connectivity index (χ3n) is 3.69. The van der Waals surface area contributed by atoms with Gasteiger partial charge in [-0.15, -0.1) is 0 Å². The Morgan fingerprint density at radius 3 is 2.28 bits per heavy atom. The smallest absolute Gasteiger partial charge is 0.251 e. The van der Waals surface area contributed by atoms with Crippen LogP contribution in [-0.4, -0.2) is 24.5 Å². The van der Waals surface area contributed by atoms with Crippen LogP contribution in [0.4, 0.5) is 5.69 Å². The summed E-state index contributed by atoms with van der Waals surface area (Å²) in [6, 6.07) is 12.6. The first-order valence-corrected chi connectivity index (χ1v) is 8.27. The van der Waals surface area contributed by atoms with Crippen molar-refractivity contribution < 1.29 is 14.3 Å². The molecule has 0 radical (unpaired) electrons. The standard InChI is InChI=1S/C20H24N2O3/c1-13(2)25-18-9-7-17(8-10-18)22-19(23)12-21-20(24)16-6-5-14(3)15(4)11-16/h5-11,13H,12H2,1-4H3,(H,21,24)(H,22,23). The third-order valence-corrected chi connectivity index (χ3v) is 3.69. The molecule has 0 fully saturated rings. The first-order valence-electron chi connectivity index (χ1n) is 8.27. The maximum Gasteiger partial charge on any atom is 0.251 e. The summed E-state index contributed by atoms with van der Waals surface area (Å²) in [6.45, 7) is 7.76. The minimum Gasteiger partial charge on any atom is -0.491 e. The van der Waals surface area contributed by atoms with Crippen molar-refractivity contribution in [1.82, 2.24) is 5.32 Å². The van der Waals surface area contributed by atoms with Crippen LogP contribution in [0.25, 0.3) is 0 Å². The number of carbonyl (C=O) groups excluding carboxylic acids is 2. The molecule has 2 aromatic rings. The van der Waals surface area contributed by atoms with Crippen LogP contribution < -0.4 is 15.4 Å². The van der Waals surface area contributed by atoms with Crippen LogP contribution in [0.15, 0.2) is 42.5 Å². The van der Waals surface area contributed by atoms with Gasteiger partial charge >= 0.3 is 0 Å². The van der Waals surface area contributed by atoms with E-state index in [1.165, 1.54) is 0 Å². The van der Waals surface area contributed by atoms with E-state index in [1.54, 1.807) is 30.3 Å². The molecule has 0 aliphatic rings. The Balaban J connectivity index is 1.85. The van der Waals surface area contributed by atoms with Crippen molar-refractivity contribution in [3.63, 3.8) is 0 Å². The summed E-state index contributed by atoms with van der Waals surface area (Å²) in [5.74, 6) is 0.199. The summed E-state index contributed by atoms with van der Waals surface area (Å²) in [5, 5.41) is 5.37. The van der Waals surface area contributed by atoms with E-state index in [9.17, 15) is 9.59 Å². The molecular weight excluding hydrogens is 316 g/mol. The van der Waals surface area contributed by atoms with Crippen molar-refractivity contribution in [1.29, 1.82) is 0 Å². The van der Waals surface area contributed by atoms with Crippen LogP contribution >= 0.6 is 0 Å². The van der Waals surface area contributed by atoms with E-state index < -0.39 is 0 Å². The molecule has 0 atom stereocenters. The van der Waals surface area contributed by atoms with Crippen molar-refractivity contribution in [2.45, 2.75) is 33.8 Å². The number of carbonyl (C=O) groups is 2. The highest BCUT2D eigenvalue weighted by Gasteiger charge is 2.09. The number of hydrogen-bond acceptors (Lipinski definition) is 3. The van der Waals surface area contributed by atoms with Gasteiger partial charge in [0.05, 0.1) is 12.6 Å². The van der Waals surface area contributed by atoms with Gasteiger partial charge < -0.3 is 15.4 Å². The number of nitrogens with one attached hydrogen (secondary N) is 2. The fraction of sp³-hybridized carbons (Fsp3) is 0.300. The summed E-state index contributed by atoms with van der Waals surface area (Å²) in [7, 11) is 0. The van der Waals surface area contributed by atoms with Gasteiger partial charge in [0.2, 0.25) is 5.91 Å². The molecule has 2 amide bonds. The molecular formula is C20H24N2O3. The highest BCUT2D eigenvalue weighted by Crippen LogP contribution is 2.16. The van der Waals surface area contributed by atoms with E-state index in [0.29, 0.717) is 11.3 Å². The van der Waals surface area contributed by atoms with Gasteiger partial charge in [-0.25, -0.2) is 0 Å². The molecule has 132 valence electrons. The Hall–Kier alpha value is -2.82. The van der Waals surface area contributed by atoms with Crippen LogP contribution in [0.1, 0.15) is 35.3 Å². The lowest BCUT2D eigenvalue weighted by atomic mass is 10.1. The number of benzene rings is 2. The quantitative estimate of drug-likeness (QED) is 0.846. The summed E-state index contributed by atoms with van der Waals surface area (Å²) < 4.78 is 5.55. The topological polar surface area (TPSA) is 67.4 Å². The second kappa shape index (κ2) is 8.33. The predicted octanol–water partition coefficient (Wildman–Crippen LogP) is 3.46. The van der Waals surface area contributed by atoms with Gasteiger partial charge in [0, 0.05) is 11.3 Å². The van der Waals surface area contributed by atoms with E-state index >= 15 is 0 Å². The summed E-state index contributed by atoms with van der Waals surface area (Å²) in [4.78, 5) is 24.1. The molecule has 0 saturated carbocycles. The van der Waals surface area contributed by atoms with Gasteiger partial charge in [-0.3, -0.25) is 9.59 Å². The van der Waals surface area contributed by atoms with Crippen LogP contribution in [0, 0.1) is 13.8 Å². The second-order valence-corrected chi connectivity index (χ2v) is 6.22. The number of hydrogen-bond donors (Lipinski definition) is 2. The van der Waals surface area contributed by atoms with E-state index in [4.69, 9.17) is 4.74 Å². The van der Waals surface area contributed by atoms with Crippen LogP contribution in [0.5, 0.6) is 5.75 Å². The molecule has 25 heavy (non-hydrogen) atoms. The Morgan fingerprint density at radius 2 is 1.68 bits per heavy atom. The van der Waals surface area contributed by atoms with Gasteiger partial charge in [-0.1, -0.05) is 6.07 Å². The molecule has 0 saturated heterocycles. The SMILES string of the molecule is Cc1ccc(C(=O)NCC(=O)Nc2ccc(OC(C)C)cc2)cc1C. The Kier molecular flexibility index (Phi) is 6.17. The first kappa shape index (κ1) is 18.5. The lowest BCUT2D eigenvalue weighted by molar-refractivity contribution is -0.115. The van der Waals surface area contributed by atoms with Gasteiger partial charge in [0.15, 0.2) is 0 Å². The molecule has 0 aliphatic heterocycles. The second-order valence-electron chi connectivity index (χ2n) is 6.22. The fourth-order valence-corrected chi connectivity index (χ4v) is 2.24. The van der Waals surface area contributed by atoms with Crippen molar-refractivity contribution in [3.05, 3.63) is 59.2 Å². The van der Waals surface area contributed by atoms with Gasteiger partial charge in [-0.2, -0.15) is 0 Å². The molecule has 2 aromatic carbocycles. The molecule has 0 aromatic heterocycles. The van der Waals surface area contributed by atoms with Crippen LogP contribution in [-0.2, 0) is 4.79 Å². The molecule has 0 bridgehead atoms. The molecule has 0 unspecified atom stereocenters. The van der Waals surface area contributed by atoms with E-state index in [0.717, 1.165) is 16.9 Å². The van der Waals surface area contributed by atoms with E-state index in [-0.39, 0.29) is 24.5 Å². The highest BCUT2D eigenvalue weighted by atomic mass is 16.5. The minimum absolute atomic E-state index is 0.0873. The van der Waals surface area contributed by atoms with E-state index in [1.807, 2.05) is 39.8 Å². The zero-order chi connectivity index (χ0) is 18.4.